The lowest BCUT2D eigenvalue weighted by atomic mass is 9.65. The van der Waals surface area contributed by atoms with Crippen molar-refractivity contribution in [3.63, 3.8) is 0 Å². The van der Waals surface area contributed by atoms with Gasteiger partial charge in [-0.05, 0) is 108 Å². The van der Waals surface area contributed by atoms with E-state index in [1.165, 1.54) is 49.4 Å². The first-order valence-corrected chi connectivity index (χ1v) is 15.1. The molecule has 8 nitrogen and oxygen atoms in total. The largest absolute Gasteiger partial charge is 0.398 e. The van der Waals surface area contributed by atoms with Gasteiger partial charge < -0.3 is 11.5 Å². The molecule has 0 spiro atoms. The maximum absolute atomic E-state index is 15.2. The first-order chi connectivity index (χ1) is 19.1. The Kier molecular flexibility index (Phi) is 6.73. The molecular weight excluding hydrogens is 570 g/mol. The monoisotopic (exact) mass is 598 g/mol. The third-order valence-corrected chi connectivity index (χ3v) is 9.43. The summed E-state index contributed by atoms with van der Waals surface area (Å²) in [4.78, 5) is -0.323. The highest BCUT2D eigenvalue weighted by Gasteiger charge is 2.51. The van der Waals surface area contributed by atoms with Crippen molar-refractivity contribution in [2.24, 2.45) is 5.14 Å². The lowest BCUT2D eigenvalue weighted by molar-refractivity contribution is 0.569. The van der Waals surface area contributed by atoms with Crippen LogP contribution in [0, 0.1) is 39.3 Å². The van der Waals surface area contributed by atoms with Gasteiger partial charge in [-0.1, -0.05) is 24.3 Å². The fraction of sp³-hybridized carbons (Fsp3) is 0.172. The van der Waals surface area contributed by atoms with Crippen molar-refractivity contribution in [3.05, 3.63) is 105 Å². The van der Waals surface area contributed by atoms with Crippen LogP contribution in [-0.4, -0.2) is 17.2 Å². The van der Waals surface area contributed by atoms with E-state index in [0.29, 0.717) is 33.5 Å². The minimum absolute atomic E-state index is 0.0794. The molecule has 12 heteroatoms. The summed E-state index contributed by atoms with van der Waals surface area (Å²) >= 11 is -2.60. The number of hydrogen-bond donors (Lipinski definition) is 5. The number of halogens is 2. The molecule has 1 atom stereocenters. The molecule has 1 aliphatic carbocycles. The zero-order valence-electron chi connectivity index (χ0n) is 22.6. The summed E-state index contributed by atoms with van der Waals surface area (Å²) in [7, 11) is -4.50. The maximum Gasteiger partial charge on any atom is 0.259 e. The second-order valence-corrected chi connectivity index (χ2v) is 12.5. The van der Waals surface area contributed by atoms with Crippen LogP contribution in [0.1, 0.15) is 44.5 Å². The van der Waals surface area contributed by atoms with E-state index in [2.05, 4.69) is 4.72 Å². The minimum Gasteiger partial charge on any atom is -0.398 e. The molecule has 0 aliphatic heterocycles. The standard InChI is InChI=1S/C29H28F2N4O4S2/c1-13-9-23(27(35-40(36)37)15(3)25(13)32)29(24-10-14(2)26(33)16(4)28(24)41(34,38)39)21-11-17(30)5-7-19(21)20-8-6-18(31)12-22(20)29/h5-12,35H,32-33H2,1-4H3,(H,36,37)(H2,34,38,39). The topological polar surface area (TPSA) is 162 Å². The molecule has 4 aromatic rings. The fourth-order valence-electron chi connectivity index (χ4n) is 6.13. The van der Waals surface area contributed by atoms with Crippen LogP contribution in [0.2, 0.25) is 0 Å². The number of rotatable bonds is 5. The number of nitrogens with two attached hydrogens (primary N) is 3. The van der Waals surface area contributed by atoms with Crippen LogP contribution in [0.4, 0.5) is 25.8 Å². The Labute approximate surface area is 239 Å². The van der Waals surface area contributed by atoms with Gasteiger partial charge in [0.15, 0.2) is 0 Å². The van der Waals surface area contributed by atoms with Crippen molar-refractivity contribution in [2.75, 3.05) is 16.2 Å². The van der Waals surface area contributed by atoms with Gasteiger partial charge in [0.05, 0.1) is 16.0 Å². The fourth-order valence-corrected chi connectivity index (χ4v) is 7.63. The summed E-state index contributed by atoms with van der Waals surface area (Å²) < 4.78 is 81.7. The van der Waals surface area contributed by atoms with Gasteiger partial charge in [-0.2, -0.15) is 0 Å². The number of benzene rings is 4. The minimum atomic E-state index is -4.50. The molecule has 41 heavy (non-hydrogen) atoms. The van der Waals surface area contributed by atoms with Crippen molar-refractivity contribution in [2.45, 2.75) is 38.0 Å². The van der Waals surface area contributed by atoms with Gasteiger partial charge in [0.25, 0.3) is 11.3 Å². The number of aryl methyl sites for hydroxylation is 2. The number of hydrogen-bond acceptors (Lipinski definition) is 5. The van der Waals surface area contributed by atoms with Crippen LogP contribution in [0.25, 0.3) is 11.1 Å². The zero-order chi connectivity index (χ0) is 30.2. The molecule has 0 aromatic heterocycles. The van der Waals surface area contributed by atoms with Crippen LogP contribution in [0.15, 0.2) is 53.4 Å². The predicted octanol–water partition coefficient (Wildman–Crippen LogP) is 4.92. The third kappa shape index (κ3) is 4.21. The first kappa shape index (κ1) is 28.7. The molecular formula is C29H28F2N4O4S2. The highest BCUT2D eigenvalue weighted by atomic mass is 32.2. The lowest BCUT2D eigenvalue weighted by Crippen LogP contribution is -2.34. The molecule has 0 amide bonds. The van der Waals surface area contributed by atoms with E-state index >= 15 is 8.78 Å². The summed E-state index contributed by atoms with van der Waals surface area (Å²) in [5.41, 5.74) is 14.9. The summed E-state index contributed by atoms with van der Waals surface area (Å²) in [6.45, 7) is 6.53. The molecule has 0 bridgehead atoms. The van der Waals surface area contributed by atoms with Gasteiger partial charge in [0.1, 0.15) is 11.6 Å². The van der Waals surface area contributed by atoms with Gasteiger partial charge in [0.2, 0.25) is 10.0 Å². The Morgan fingerprint density at radius 3 is 1.71 bits per heavy atom. The number of anilines is 3. The second-order valence-electron chi connectivity index (χ2n) is 10.3. The quantitative estimate of drug-likeness (QED) is 0.142. The van der Waals surface area contributed by atoms with Crippen molar-refractivity contribution in [1.29, 1.82) is 0 Å². The molecule has 0 fully saturated rings. The Hall–Kier alpha value is -3.84. The molecule has 1 unspecified atom stereocenters. The van der Waals surface area contributed by atoms with Gasteiger partial charge in [0, 0.05) is 11.4 Å². The molecule has 1 aliphatic rings. The summed E-state index contributed by atoms with van der Waals surface area (Å²) in [6.07, 6.45) is 0. The molecule has 8 N–H and O–H groups in total. The summed E-state index contributed by atoms with van der Waals surface area (Å²) in [5, 5.41) is 5.83. The molecule has 0 heterocycles. The van der Waals surface area contributed by atoms with E-state index in [1.807, 2.05) is 0 Å². The maximum atomic E-state index is 15.2. The second kappa shape index (κ2) is 9.62. The summed E-state index contributed by atoms with van der Waals surface area (Å²) in [6, 6.07) is 11.2. The van der Waals surface area contributed by atoms with Crippen molar-refractivity contribution < 1.29 is 26.0 Å². The van der Waals surface area contributed by atoms with Gasteiger partial charge >= 0.3 is 0 Å². The molecule has 0 saturated heterocycles. The van der Waals surface area contributed by atoms with E-state index in [1.54, 1.807) is 26.8 Å². The smallest absolute Gasteiger partial charge is 0.259 e. The summed E-state index contributed by atoms with van der Waals surface area (Å²) in [5.74, 6) is -1.27. The van der Waals surface area contributed by atoms with Crippen LogP contribution in [0.3, 0.4) is 0 Å². The average Bonchev–Trinajstić information content (AvgIpc) is 3.15. The molecule has 5 rings (SSSR count). The first-order valence-electron chi connectivity index (χ1n) is 12.4. The van der Waals surface area contributed by atoms with Gasteiger partial charge in [-0.3, -0.25) is 9.27 Å². The molecule has 214 valence electrons. The van der Waals surface area contributed by atoms with Gasteiger partial charge in [-0.15, -0.1) is 0 Å². The van der Waals surface area contributed by atoms with E-state index in [-0.39, 0.29) is 44.1 Å². The number of nitrogens with one attached hydrogen (secondary N) is 1. The van der Waals surface area contributed by atoms with Crippen LogP contribution in [-0.2, 0) is 26.7 Å². The van der Waals surface area contributed by atoms with E-state index in [4.69, 9.17) is 16.6 Å². The Morgan fingerprint density at radius 2 is 1.24 bits per heavy atom. The van der Waals surface area contributed by atoms with Crippen molar-refractivity contribution in [3.8, 4) is 11.1 Å². The van der Waals surface area contributed by atoms with Crippen LogP contribution < -0.4 is 21.3 Å². The van der Waals surface area contributed by atoms with Gasteiger partial charge in [-0.25, -0.2) is 26.5 Å². The van der Waals surface area contributed by atoms with E-state index in [9.17, 15) is 17.2 Å². The SMILES string of the molecule is Cc1cc(C2(c3cc(C)c(N)c(C)c3S(N)(=O)=O)c3cc(F)ccc3-c3ccc(F)cc32)c(NS(=O)O)c(C)c1N. The Morgan fingerprint density at radius 1 is 0.780 bits per heavy atom. The zero-order valence-corrected chi connectivity index (χ0v) is 24.2. The van der Waals surface area contributed by atoms with E-state index in [0.717, 1.165) is 0 Å². The van der Waals surface area contributed by atoms with Crippen molar-refractivity contribution >= 4 is 38.4 Å². The predicted molar refractivity (Wildman–Crippen MR) is 157 cm³/mol. The van der Waals surface area contributed by atoms with Crippen LogP contribution >= 0.6 is 0 Å². The Balaban J connectivity index is 2.18. The molecule has 0 radical (unpaired) electrons. The number of fused-ring (bicyclic) bond motifs is 3. The highest BCUT2D eigenvalue weighted by molar-refractivity contribution is 7.89. The number of primary sulfonamides is 1. The third-order valence-electron chi connectivity index (χ3n) is 7.95. The molecule has 0 saturated carbocycles. The number of sulfonamides is 1. The lowest BCUT2D eigenvalue weighted by Gasteiger charge is -2.38. The van der Waals surface area contributed by atoms with Crippen molar-refractivity contribution in [1.82, 2.24) is 0 Å². The normalized spacial score (nSPS) is 14.4. The highest BCUT2D eigenvalue weighted by Crippen LogP contribution is 2.60. The number of nitrogen functional groups attached to an aromatic ring is 2. The molecule has 4 aromatic carbocycles. The van der Waals surface area contributed by atoms with E-state index < -0.39 is 38.3 Å². The Bertz CT molecular complexity index is 1880. The average molecular weight is 599 g/mol. The van der Waals surface area contributed by atoms with Crippen LogP contribution in [0.5, 0.6) is 0 Å².